The van der Waals surface area contributed by atoms with Crippen molar-refractivity contribution in [3.8, 4) is 16.9 Å². The summed E-state index contributed by atoms with van der Waals surface area (Å²) in [5.41, 5.74) is 7.86. The second kappa shape index (κ2) is 5.87. The minimum atomic E-state index is -1.22. The van der Waals surface area contributed by atoms with E-state index in [4.69, 9.17) is 10.5 Å². The normalized spacial score (nSPS) is 13.7. The Kier molecular flexibility index (Phi) is 3.64. The lowest BCUT2D eigenvalue weighted by molar-refractivity contribution is 0.0694. The van der Waals surface area contributed by atoms with E-state index in [-0.39, 0.29) is 11.5 Å². The molecule has 7 nitrogen and oxygen atoms in total. The molecule has 3 aromatic rings. The topological polar surface area (TPSA) is 107 Å². The first-order valence-electron chi connectivity index (χ1n) is 8.22. The predicted molar refractivity (Wildman–Crippen MR) is 96.8 cm³/mol. The van der Waals surface area contributed by atoms with Crippen LogP contribution >= 0.6 is 0 Å². The zero-order valence-corrected chi connectivity index (χ0v) is 14.1. The zero-order valence-electron chi connectivity index (χ0n) is 14.1. The number of pyridine rings is 3. The highest BCUT2D eigenvalue weighted by Gasteiger charge is 2.30. The molecule has 4 rings (SSSR count). The maximum atomic E-state index is 12.6. The van der Waals surface area contributed by atoms with Crippen LogP contribution in [0.25, 0.3) is 16.6 Å². The van der Waals surface area contributed by atoms with Gasteiger partial charge in [-0.15, -0.1) is 0 Å². The fourth-order valence-electron chi connectivity index (χ4n) is 3.25. The molecule has 3 N–H and O–H groups in total. The molecular weight excluding hydrogens is 334 g/mol. The Balaban J connectivity index is 2.08. The summed E-state index contributed by atoms with van der Waals surface area (Å²) in [6.45, 7) is 0. The van der Waals surface area contributed by atoms with Crippen LogP contribution in [0.1, 0.15) is 34.7 Å². The first kappa shape index (κ1) is 16.1. The molecule has 1 saturated carbocycles. The Morgan fingerprint density at radius 1 is 1.35 bits per heavy atom. The summed E-state index contributed by atoms with van der Waals surface area (Å²) < 4.78 is 7.02. The van der Waals surface area contributed by atoms with Gasteiger partial charge in [0.2, 0.25) is 0 Å². The van der Waals surface area contributed by atoms with E-state index in [1.165, 1.54) is 17.6 Å². The van der Waals surface area contributed by atoms with E-state index in [0.29, 0.717) is 17.1 Å². The van der Waals surface area contributed by atoms with Crippen molar-refractivity contribution < 1.29 is 14.6 Å². The molecular formula is C19H17N3O4. The second-order valence-electron chi connectivity index (χ2n) is 6.35. The van der Waals surface area contributed by atoms with Crippen molar-refractivity contribution in [2.24, 2.45) is 0 Å². The number of hydrogen-bond donors (Lipinski definition) is 2. The number of fused-ring (bicyclic) bond motifs is 1. The first-order chi connectivity index (χ1) is 12.5. The molecule has 1 aliphatic carbocycles. The van der Waals surface area contributed by atoms with Crippen LogP contribution in [-0.2, 0) is 0 Å². The molecule has 0 atom stereocenters. The summed E-state index contributed by atoms with van der Waals surface area (Å²) >= 11 is 0. The number of carboxylic acids is 1. The number of carboxylic acid groups (broad SMARTS) is 1. The number of nitrogens with zero attached hydrogens (tertiary/aromatic N) is 2. The molecule has 0 amide bonds. The van der Waals surface area contributed by atoms with Gasteiger partial charge in [0.25, 0.3) is 5.56 Å². The fourth-order valence-corrected chi connectivity index (χ4v) is 3.25. The third kappa shape index (κ3) is 2.48. The third-order valence-electron chi connectivity index (χ3n) is 4.66. The number of aromatic nitrogens is 2. The minimum Gasteiger partial charge on any atom is -0.494 e. The van der Waals surface area contributed by atoms with Crippen LogP contribution in [-0.4, -0.2) is 27.6 Å². The lowest BCUT2D eigenvalue weighted by Gasteiger charge is -2.16. The van der Waals surface area contributed by atoms with Crippen molar-refractivity contribution in [3.63, 3.8) is 0 Å². The number of carbonyl (C=O) groups is 1. The van der Waals surface area contributed by atoms with Crippen molar-refractivity contribution in [2.75, 3.05) is 12.8 Å². The van der Waals surface area contributed by atoms with Gasteiger partial charge in [-0.05, 0) is 48.6 Å². The number of methoxy groups -OCH3 is 1. The number of aromatic carboxylic acids is 1. The van der Waals surface area contributed by atoms with Gasteiger partial charge in [-0.25, -0.2) is 9.78 Å². The van der Waals surface area contributed by atoms with Crippen molar-refractivity contribution >= 4 is 17.3 Å². The van der Waals surface area contributed by atoms with Crippen LogP contribution in [0.4, 0.5) is 5.82 Å². The molecule has 1 aliphatic rings. The van der Waals surface area contributed by atoms with E-state index in [2.05, 4.69) is 4.98 Å². The molecule has 26 heavy (non-hydrogen) atoms. The van der Waals surface area contributed by atoms with Crippen LogP contribution < -0.4 is 16.0 Å². The molecule has 3 aromatic heterocycles. The Hall–Kier alpha value is -3.35. The van der Waals surface area contributed by atoms with Crippen molar-refractivity contribution in [1.82, 2.24) is 9.38 Å². The van der Waals surface area contributed by atoms with Crippen molar-refractivity contribution in [1.29, 1.82) is 0 Å². The second-order valence-corrected chi connectivity index (χ2v) is 6.35. The van der Waals surface area contributed by atoms with Gasteiger partial charge in [-0.2, -0.15) is 0 Å². The zero-order chi connectivity index (χ0) is 18.4. The van der Waals surface area contributed by atoms with Gasteiger partial charge in [-0.1, -0.05) is 0 Å². The number of nitrogens with two attached hydrogens (primary N) is 1. The SMILES string of the molecule is COc1c(-c2ccc(N)nc2)ccn2c(=O)c(C(=O)O)cc(C3CC3)c12. The van der Waals surface area contributed by atoms with E-state index in [1.807, 2.05) is 6.07 Å². The van der Waals surface area contributed by atoms with Crippen LogP contribution in [0.2, 0.25) is 0 Å². The Labute approximate surface area is 148 Å². The fraction of sp³-hybridized carbons (Fsp3) is 0.211. The Morgan fingerprint density at radius 2 is 2.12 bits per heavy atom. The van der Waals surface area contributed by atoms with Crippen LogP contribution in [0.3, 0.4) is 0 Å². The predicted octanol–water partition coefficient (Wildman–Crippen LogP) is 2.53. The molecule has 3 heterocycles. The number of nitrogen functional groups attached to an aromatic ring is 1. The van der Waals surface area contributed by atoms with Gasteiger partial charge in [0.05, 0.1) is 12.6 Å². The molecule has 0 aromatic carbocycles. The highest BCUT2D eigenvalue weighted by Crippen LogP contribution is 2.45. The maximum Gasteiger partial charge on any atom is 0.341 e. The van der Waals surface area contributed by atoms with Gasteiger partial charge in [0.1, 0.15) is 11.4 Å². The molecule has 7 heteroatoms. The van der Waals surface area contributed by atoms with Crippen molar-refractivity contribution in [3.05, 3.63) is 58.1 Å². The summed E-state index contributed by atoms with van der Waals surface area (Å²) in [4.78, 5) is 28.2. The highest BCUT2D eigenvalue weighted by molar-refractivity contribution is 5.90. The number of rotatable bonds is 4. The van der Waals surface area contributed by atoms with Crippen molar-refractivity contribution in [2.45, 2.75) is 18.8 Å². The third-order valence-corrected chi connectivity index (χ3v) is 4.66. The van der Waals surface area contributed by atoms with E-state index in [9.17, 15) is 14.7 Å². The molecule has 0 bridgehead atoms. The standard InChI is InChI=1S/C19H17N3O4/c1-26-17-12(11-4-5-15(20)21-9-11)6-7-22-16(17)13(10-2-3-10)8-14(18(22)23)19(24)25/h4-10H,2-3H2,1H3,(H2,20,21)(H,24,25). The molecule has 0 unspecified atom stereocenters. The largest absolute Gasteiger partial charge is 0.494 e. The summed E-state index contributed by atoms with van der Waals surface area (Å²) in [7, 11) is 1.54. The highest BCUT2D eigenvalue weighted by atomic mass is 16.5. The molecule has 0 spiro atoms. The molecule has 1 fully saturated rings. The first-order valence-corrected chi connectivity index (χ1v) is 8.22. The lowest BCUT2D eigenvalue weighted by atomic mass is 10.0. The number of anilines is 1. The van der Waals surface area contributed by atoms with Gasteiger partial charge in [-0.3, -0.25) is 9.20 Å². The molecule has 0 saturated heterocycles. The smallest absolute Gasteiger partial charge is 0.341 e. The van der Waals surface area contributed by atoms with E-state index < -0.39 is 11.5 Å². The number of ether oxygens (including phenoxy) is 1. The van der Waals surface area contributed by atoms with E-state index in [1.54, 1.807) is 24.5 Å². The summed E-state index contributed by atoms with van der Waals surface area (Å²) in [6.07, 6.45) is 5.15. The quantitative estimate of drug-likeness (QED) is 0.748. The Morgan fingerprint density at radius 3 is 2.69 bits per heavy atom. The van der Waals surface area contributed by atoms with E-state index in [0.717, 1.165) is 29.5 Å². The summed E-state index contributed by atoms with van der Waals surface area (Å²) in [6, 6.07) is 6.74. The monoisotopic (exact) mass is 351 g/mol. The minimum absolute atomic E-state index is 0.228. The summed E-state index contributed by atoms with van der Waals surface area (Å²) in [5.74, 6) is -0.0565. The Bertz CT molecular complexity index is 1080. The maximum absolute atomic E-state index is 12.6. The van der Waals surface area contributed by atoms with Crippen LogP contribution in [0.5, 0.6) is 5.75 Å². The van der Waals surface area contributed by atoms with Gasteiger partial charge in [0.15, 0.2) is 5.75 Å². The van der Waals surface area contributed by atoms with Gasteiger partial charge < -0.3 is 15.6 Å². The number of hydrogen-bond acceptors (Lipinski definition) is 5. The molecule has 0 radical (unpaired) electrons. The summed E-state index contributed by atoms with van der Waals surface area (Å²) in [5, 5.41) is 9.37. The van der Waals surface area contributed by atoms with Gasteiger partial charge in [0, 0.05) is 23.5 Å². The lowest BCUT2D eigenvalue weighted by Crippen LogP contribution is -2.23. The van der Waals surface area contributed by atoms with Gasteiger partial charge >= 0.3 is 5.97 Å². The molecule has 132 valence electrons. The average molecular weight is 351 g/mol. The van der Waals surface area contributed by atoms with Crippen LogP contribution in [0, 0.1) is 0 Å². The van der Waals surface area contributed by atoms with Crippen LogP contribution in [0.15, 0.2) is 41.5 Å². The van der Waals surface area contributed by atoms with E-state index >= 15 is 0 Å². The average Bonchev–Trinajstić information content (AvgIpc) is 3.46. The molecule has 0 aliphatic heterocycles.